The largest absolute Gasteiger partial charge is 0.507 e. The molecule has 2 aromatic carbocycles. The first-order valence-electron chi connectivity index (χ1n) is 5.33. The van der Waals surface area contributed by atoms with Gasteiger partial charge in [-0.15, -0.1) is 0 Å². The zero-order chi connectivity index (χ0) is 13.0. The minimum atomic E-state index is -0.00935. The molecule has 0 fully saturated rings. The second kappa shape index (κ2) is 5.60. The predicted molar refractivity (Wildman–Crippen MR) is 70.6 cm³/mol. The molecule has 0 spiro atoms. The first-order chi connectivity index (χ1) is 8.74. The summed E-state index contributed by atoms with van der Waals surface area (Å²) in [6, 6.07) is 12.6. The van der Waals surface area contributed by atoms with Crippen molar-refractivity contribution in [1.82, 2.24) is 0 Å². The molecule has 0 heterocycles. The van der Waals surface area contributed by atoms with Crippen molar-refractivity contribution >= 4 is 18.0 Å². The fraction of sp³-hybridized carbons (Fsp3) is 0.0714. The number of ether oxygens (including phenoxy) is 1. The number of carbonyl (C=O) groups is 1. The molecule has 0 aliphatic rings. The number of rotatable bonds is 4. The van der Waals surface area contributed by atoms with E-state index in [9.17, 15) is 9.90 Å². The second-order valence-corrected chi connectivity index (χ2v) is 4.71. The van der Waals surface area contributed by atoms with Crippen LogP contribution in [-0.2, 0) is 0 Å². The molecule has 2 rings (SSSR count). The quantitative estimate of drug-likeness (QED) is 0.856. The Morgan fingerprint density at radius 3 is 2.67 bits per heavy atom. The fourth-order valence-electron chi connectivity index (χ4n) is 1.52. The first-order valence-corrected chi connectivity index (χ1v) is 6.15. The predicted octanol–water partition coefficient (Wildman–Crippen LogP) is 3.36. The Balaban J connectivity index is 2.28. The van der Waals surface area contributed by atoms with Crippen molar-refractivity contribution in [3.63, 3.8) is 0 Å². The molecule has 4 heteroatoms. The average molecular weight is 260 g/mol. The van der Waals surface area contributed by atoms with Crippen LogP contribution in [0.15, 0.2) is 52.3 Å². The van der Waals surface area contributed by atoms with Crippen molar-refractivity contribution < 1.29 is 14.6 Å². The van der Waals surface area contributed by atoms with Crippen molar-refractivity contribution in [1.29, 1.82) is 0 Å². The highest BCUT2D eigenvalue weighted by atomic mass is 32.2. The molecule has 0 aromatic heterocycles. The van der Waals surface area contributed by atoms with Crippen LogP contribution in [0.4, 0.5) is 0 Å². The van der Waals surface area contributed by atoms with Gasteiger partial charge in [-0.3, -0.25) is 4.79 Å². The van der Waals surface area contributed by atoms with E-state index < -0.39 is 0 Å². The molecular weight excluding hydrogens is 248 g/mol. The summed E-state index contributed by atoms with van der Waals surface area (Å²) in [5.74, 6) is 0.770. The van der Waals surface area contributed by atoms with E-state index in [2.05, 4.69) is 0 Å². The van der Waals surface area contributed by atoms with Crippen LogP contribution in [0, 0.1) is 0 Å². The number of aldehydes is 1. The SMILES string of the molecule is COc1ccccc1Sc1ccc(C=O)c(O)c1. The topological polar surface area (TPSA) is 46.5 Å². The van der Waals surface area contributed by atoms with Crippen LogP contribution in [0.25, 0.3) is 0 Å². The monoisotopic (exact) mass is 260 g/mol. The summed E-state index contributed by atoms with van der Waals surface area (Å²) in [6.07, 6.45) is 0.632. The molecule has 0 atom stereocenters. The minimum Gasteiger partial charge on any atom is -0.507 e. The molecule has 0 radical (unpaired) electrons. The number of phenols is 1. The number of phenolic OH excluding ortho intramolecular Hbond substituents is 1. The fourth-order valence-corrected chi connectivity index (χ4v) is 2.48. The molecule has 2 aromatic rings. The number of para-hydroxylation sites is 1. The van der Waals surface area contributed by atoms with E-state index in [0.717, 1.165) is 15.5 Å². The van der Waals surface area contributed by atoms with Crippen LogP contribution in [0.1, 0.15) is 10.4 Å². The molecule has 0 saturated carbocycles. The maximum absolute atomic E-state index is 10.6. The Labute approximate surface area is 109 Å². The van der Waals surface area contributed by atoms with Crippen molar-refractivity contribution in [2.24, 2.45) is 0 Å². The number of hydrogen-bond donors (Lipinski definition) is 1. The molecular formula is C14H12O3S. The zero-order valence-electron chi connectivity index (χ0n) is 9.79. The van der Waals surface area contributed by atoms with Gasteiger partial charge in [-0.2, -0.15) is 0 Å². The lowest BCUT2D eigenvalue weighted by molar-refractivity contribution is 0.112. The summed E-state index contributed by atoms with van der Waals surface area (Å²) in [6.45, 7) is 0. The Kier molecular flexibility index (Phi) is 3.89. The Morgan fingerprint density at radius 2 is 2.00 bits per heavy atom. The first kappa shape index (κ1) is 12.5. The van der Waals surface area contributed by atoms with E-state index in [0.29, 0.717) is 11.8 Å². The van der Waals surface area contributed by atoms with Gasteiger partial charge in [0.1, 0.15) is 11.5 Å². The normalized spacial score (nSPS) is 10.1. The summed E-state index contributed by atoms with van der Waals surface area (Å²) in [7, 11) is 1.62. The summed E-state index contributed by atoms with van der Waals surface area (Å²) < 4.78 is 5.25. The highest BCUT2D eigenvalue weighted by Gasteiger charge is 2.06. The smallest absolute Gasteiger partial charge is 0.153 e. The highest BCUT2D eigenvalue weighted by Crippen LogP contribution is 2.36. The van der Waals surface area contributed by atoms with Crippen LogP contribution < -0.4 is 4.74 Å². The summed E-state index contributed by atoms with van der Waals surface area (Å²) in [5, 5.41) is 9.62. The van der Waals surface area contributed by atoms with Crippen molar-refractivity contribution in [2.75, 3.05) is 7.11 Å². The summed E-state index contributed by atoms with van der Waals surface area (Å²) in [4.78, 5) is 12.4. The average Bonchev–Trinajstić information content (AvgIpc) is 2.39. The molecule has 3 nitrogen and oxygen atoms in total. The standard InChI is InChI=1S/C14H12O3S/c1-17-13-4-2-3-5-14(13)18-11-7-6-10(9-15)12(16)8-11/h2-9,16H,1H3. The molecule has 0 amide bonds. The lowest BCUT2D eigenvalue weighted by Gasteiger charge is -2.08. The third-order valence-corrected chi connectivity index (χ3v) is 3.47. The number of carbonyl (C=O) groups excluding carboxylic acids is 1. The third kappa shape index (κ3) is 2.65. The van der Waals surface area contributed by atoms with E-state index in [-0.39, 0.29) is 5.75 Å². The second-order valence-electron chi connectivity index (χ2n) is 3.59. The molecule has 0 unspecified atom stereocenters. The Bertz CT molecular complexity index is 567. The van der Waals surface area contributed by atoms with Gasteiger partial charge < -0.3 is 9.84 Å². The zero-order valence-corrected chi connectivity index (χ0v) is 10.6. The maximum Gasteiger partial charge on any atom is 0.153 e. The van der Waals surface area contributed by atoms with Gasteiger partial charge in [-0.1, -0.05) is 23.9 Å². The van der Waals surface area contributed by atoms with E-state index >= 15 is 0 Å². The van der Waals surface area contributed by atoms with Crippen molar-refractivity contribution in [2.45, 2.75) is 9.79 Å². The van der Waals surface area contributed by atoms with Crippen LogP contribution in [-0.4, -0.2) is 18.5 Å². The Hall–Kier alpha value is -1.94. The van der Waals surface area contributed by atoms with Crippen LogP contribution >= 0.6 is 11.8 Å². The lowest BCUT2D eigenvalue weighted by atomic mass is 10.2. The van der Waals surface area contributed by atoms with Gasteiger partial charge in [0.15, 0.2) is 6.29 Å². The molecule has 0 aliphatic heterocycles. The van der Waals surface area contributed by atoms with Gasteiger partial charge in [-0.25, -0.2) is 0 Å². The maximum atomic E-state index is 10.6. The van der Waals surface area contributed by atoms with E-state index in [1.165, 1.54) is 11.8 Å². The summed E-state index contributed by atoms with van der Waals surface area (Å²) in [5.41, 5.74) is 0.291. The number of methoxy groups -OCH3 is 1. The van der Waals surface area contributed by atoms with Gasteiger partial charge in [0.2, 0.25) is 0 Å². The van der Waals surface area contributed by atoms with E-state index in [1.807, 2.05) is 24.3 Å². The Morgan fingerprint density at radius 1 is 1.22 bits per heavy atom. The summed E-state index contributed by atoms with van der Waals surface area (Å²) >= 11 is 1.47. The number of aromatic hydroxyl groups is 1. The van der Waals surface area contributed by atoms with Crippen molar-refractivity contribution in [3.05, 3.63) is 48.0 Å². The molecule has 1 N–H and O–H groups in total. The van der Waals surface area contributed by atoms with Gasteiger partial charge >= 0.3 is 0 Å². The van der Waals surface area contributed by atoms with Gasteiger partial charge in [0.05, 0.1) is 17.6 Å². The molecule has 0 bridgehead atoms. The van der Waals surface area contributed by atoms with Crippen LogP contribution in [0.2, 0.25) is 0 Å². The van der Waals surface area contributed by atoms with Crippen LogP contribution in [0.3, 0.4) is 0 Å². The molecule has 0 saturated heterocycles. The molecule has 18 heavy (non-hydrogen) atoms. The number of benzene rings is 2. The van der Waals surface area contributed by atoms with Crippen molar-refractivity contribution in [3.8, 4) is 11.5 Å². The molecule has 0 aliphatic carbocycles. The number of hydrogen-bond acceptors (Lipinski definition) is 4. The van der Waals surface area contributed by atoms with E-state index in [4.69, 9.17) is 4.74 Å². The lowest BCUT2D eigenvalue weighted by Crippen LogP contribution is -1.86. The van der Waals surface area contributed by atoms with Gasteiger partial charge in [0.25, 0.3) is 0 Å². The third-order valence-electron chi connectivity index (χ3n) is 2.43. The minimum absolute atomic E-state index is 0.00935. The van der Waals surface area contributed by atoms with E-state index in [1.54, 1.807) is 25.3 Å². The van der Waals surface area contributed by atoms with Gasteiger partial charge in [0, 0.05) is 4.90 Å². The highest BCUT2D eigenvalue weighted by molar-refractivity contribution is 7.99. The van der Waals surface area contributed by atoms with Crippen LogP contribution in [0.5, 0.6) is 11.5 Å². The van der Waals surface area contributed by atoms with Gasteiger partial charge in [-0.05, 0) is 30.3 Å². The molecule has 92 valence electrons.